The number of carboxylic acids is 2. The molecule has 2 N–H and O–H groups in total. The molecule has 4 nitrogen and oxygen atoms in total. The summed E-state index contributed by atoms with van der Waals surface area (Å²) in [7, 11) is 0. The summed E-state index contributed by atoms with van der Waals surface area (Å²) in [6.45, 7) is 6.92. The average Bonchev–Trinajstić information content (AvgIpc) is 1.96. The van der Waals surface area contributed by atoms with Crippen molar-refractivity contribution < 1.29 is 19.8 Å². The Morgan fingerprint density at radius 1 is 1.07 bits per heavy atom. The first kappa shape index (κ1) is 12.7. The Hall–Kier alpha value is -1.32. The molecule has 0 aromatic carbocycles. The Morgan fingerprint density at radius 2 is 1.50 bits per heavy atom. The van der Waals surface area contributed by atoms with Gasteiger partial charge in [0.2, 0.25) is 0 Å². The first-order valence-electron chi connectivity index (χ1n) is 4.31. The SMILES string of the molecule is C/C(C(=O)O)=C(\CC(C)(C)C)C(=O)O. The van der Waals surface area contributed by atoms with Crippen LogP contribution in [0.4, 0.5) is 0 Å². The third-order valence-corrected chi connectivity index (χ3v) is 1.74. The van der Waals surface area contributed by atoms with Crippen molar-refractivity contribution in [2.24, 2.45) is 5.41 Å². The minimum absolute atomic E-state index is 0.0231. The van der Waals surface area contributed by atoms with Gasteiger partial charge in [-0.05, 0) is 18.8 Å². The highest BCUT2D eigenvalue weighted by Gasteiger charge is 2.22. The van der Waals surface area contributed by atoms with Crippen molar-refractivity contribution in [3.05, 3.63) is 11.1 Å². The number of carbonyl (C=O) groups is 2. The van der Waals surface area contributed by atoms with Crippen molar-refractivity contribution in [3.8, 4) is 0 Å². The van der Waals surface area contributed by atoms with Crippen molar-refractivity contribution in [1.82, 2.24) is 0 Å². The zero-order valence-electron chi connectivity index (χ0n) is 8.92. The van der Waals surface area contributed by atoms with Gasteiger partial charge in [-0.25, -0.2) is 9.59 Å². The smallest absolute Gasteiger partial charge is 0.332 e. The maximum absolute atomic E-state index is 10.8. The maximum atomic E-state index is 10.8. The Bertz CT molecular complexity index is 281. The molecule has 4 heteroatoms. The third-order valence-electron chi connectivity index (χ3n) is 1.74. The molecule has 0 radical (unpaired) electrons. The van der Waals surface area contributed by atoms with Gasteiger partial charge >= 0.3 is 11.9 Å². The van der Waals surface area contributed by atoms with Crippen LogP contribution in [0.15, 0.2) is 11.1 Å². The van der Waals surface area contributed by atoms with E-state index in [1.807, 2.05) is 20.8 Å². The molecule has 0 heterocycles. The molecule has 0 aliphatic rings. The summed E-state index contributed by atoms with van der Waals surface area (Å²) in [5.74, 6) is -2.33. The predicted octanol–water partition coefficient (Wildman–Crippen LogP) is 1.91. The Balaban J connectivity index is 5.07. The summed E-state index contributed by atoms with van der Waals surface area (Å²) in [5, 5.41) is 17.5. The molecule has 0 fully saturated rings. The summed E-state index contributed by atoms with van der Waals surface area (Å²) in [6, 6.07) is 0. The van der Waals surface area contributed by atoms with Crippen LogP contribution in [0.25, 0.3) is 0 Å². The molecule has 0 unspecified atom stereocenters. The van der Waals surface area contributed by atoms with Crippen LogP contribution in [0.5, 0.6) is 0 Å². The quantitative estimate of drug-likeness (QED) is 0.682. The van der Waals surface area contributed by atoms with E-state index in [1.165, 1.54) is 6.92 Å². The highest BCUT2D eigenvalue weighted by atomic mass is 16.4. The van der Waals surface area contributed by atoms with E-state index in [0.717, 1.165) is 0 Å². The second-order valence-electron chi connectivity index (χ2n) is 4.45. The highest BCUT2D eigenvalue weighted by Crippen LogP contribution is 2.26. The maximum Gasteiger partial charge on any atom is 0.332 e. The van der Waals surface area contributed by atoms with Gasteiger partial charge in [0, 0.05) is 11.1 Å². The number of hydrogen-bond donors (Lipinski definition) is 2. The fourth-order valence-electron chi connectivity index (χ4n) is 1.03. The third kappa shape index (κ3) is 4.07. The number of rotatable bonds is 3. The highest BCUT2D eigenvalue weighted by molar-refractivity contribution is 5.98. The minimum Gasteiger partial charge on any atom is -0.478 e. The van der Waals surface area contributed by atoms with Crippen LogP contribution in [0, 0.1) is 5.41 Å². The number of hydrogen-bond acceptors (Lipinski definition) is 2. The minimum atomic E-state index is -1.17. The summed E-state index contributed by atoms with van der Waals surface area (Å²) in [4.78, 5) is 21.4. The van der Waals surface area contributed by atoms with E-state index < -0.39 is 11.9 Å². The molecule has 0 saturated heterocycles. The molecule has 14 heavy (non-hydrogen) atoms. The van der Waals surface area contributed by atoms with Crippen LogP contribution in [0.3, 0.4) is 0 Å². The lowest BCUT2D eigenvalue weighted by molar-refractivity contribution is -0.136. The first-order chi connectivity index (χ1) is 6.15. The fourth-order valence-corrected chi connectivity index (χ4v) is 1.03. The van der Waals surface area contributed by atoms with E-state index in [1.54, 1.807) is 0 Å². The van der Waals surface area contributed by atoms with Crippen molar-refractivity contribution in [1.29, 1.82) is 0 Å². The van der Waals surface area contributed by atoms with Gasteiger partial charge in [-0.1, -0.05) is 20.8 Å². The summed E-state index contributed by atoms with van der Waals surface area (Å²) < 4.78 is 0. The van der Waals surface area contributed by atoms with Gasteiger partial charge < -0.3 is 10.2 Å². The van der Waals surface area contributed by atoms with Gasteiger partial charge in [-0.2, -0.15) is 0 Å². The summed E-state index contributed by atoms with van der Waals surface area (Å²) in [6.07, 6.45) is 0.250. The van der Waals surface area contributed by atoms with Crippen LogP contribution in [0.1, 0.15) is 34.1 Å². The van der Waals surface area contributed by atoms with Gasteiger partial charge in [-0.3, -0.25) is 0 Å². The second-order valence-corrected chi connectivity index (χ2v) is 4.45. The number of carboxylic acid groups (broad SMARTS) is 2. The van der Waals surface area contributed by atoms with Crippen LogP contribution in [-0.2, 0) is 9.59 Å². The molecule has 0 aliphatic heterocycles. The Morgan fingerprint density at radius 3 is 1.71 bits per heavy atom. The molecule has 0 spiro atoms. The first-order valence-corrected chi connectivity index (χ1v) is 4.31. The van der Waals surface area contributed by atoms with Gasteiger partial charge in [0.1, 0.15) is 0 Å². The molecule has 0 amide bonds. The van der Waals surface area contributed by atoms with Gasteiger partial charge in [0.05, 0.1) is 0 Å². The summed E-state index contributed by atoms with van der Waals surface area (Å²) in [5.41, 5.74) is -0.345. The van der Waals surface area contributed by atoms with E-state index in [-0.39, 0.29) is 23.0 Å². The average molecular weight is 200 g/mol. The molecular weight excluding hydrogens is 184 g/mol. The monoisotopic (exact) mass is 200 g/mol. The molecular formula is C10H16O4. The molecule has 0 atom stereocenters. The van der Waals surface area contributed by atoms with Crippen LogP contribution in [0.2, 0.25) is 0 Å². The summed E-state index contributed by atoms with van der Waals surface area (Å²) >= 11 is 0. The molecule has 0 rings (SSSR count). The van der Waals surface area contributed by atoms with Crippen molar-refractivity contribution in [3.63, 3.8) is 0 Å². The van der Waals surface area contributed by atoms with E-state index in [2.05, 4.69) is 0 Å². The van der Waals surface area contributed by atoms with Crippen molar-refractivity contribution in [2.45, 2.75) is 34.1 Å². The second kappa shape index (κ2) is 4.26. The lowest BCUT2D eigenvalue weighted by Gasteiger charge is -2.19. The van der Waals surface area contributed by atoms with E-state index >= 15 is 0 Å². The molecule has 0 saturated carbocycles. The molecule has 0 aromatic heterocycles. The van der Waals surface area contributed by atoms with E-state index in [9.17, 15) is 9.59 Å². The molecule has 0 aliphatic carbocycles. The predicted molar refractivity (Wildman–Crippen MR) is 52.0 cm³/mol. The molecule has 80 valence electrons. The fraction of sp³-hybridized carbons (Fsp3) is 0.600. The zero-order valence-corrected chi connectivity index (χ0v) is 8.92. The topological polar surface area (TPSA) is 74.6 Å². The Kier molecular flexibility index (Phi) is 3.86. The van der Waals surface area contributed by atoms with Crippen LogP contribution < -0.4 is 0 Å². The van der Waals surface area contributed by atoms with E-state index in [0.29, 0.717) is 0 Å². The van der Waals surface area contributed by atoms with Crippen LogP contribution in [-0.4, -0.2) is 22.2 Å². The zero-order chi connectivity index (χ0) is 11.5. The molecule has 0 aromatic rings. The van der Waals surface area contributed by atoms with Gasteiger partial charge in [0.25, 0.3) is 0 Å². The van der Waals surface area contributed by atoms with Crippen molar-refractivity contribution in [2.75, 3.05) is 0 Å². The van der Waals surface area contributed by atoms with Gasteiger partial charge in [-0.15, -0.1) is 0 Å². The van der Waals surface area contributed by atoms with Crippen LogP contribution >= 0.6 is 0 Å². The molecule has 0 bridgehead atoms. The lowest BCUT2D eigenvalue weighted by atomic mass is 9.86. The largest absolute Gasteiger partial charge is 0.478 e. The number of aliphatic carboxylic acids is 2. The normalized spacial score (nSPS) is 13.4. The lowest BCUT2D eigenvalue weighted by Crippen LogP contribution is -2.16. The van der Waals surface area contributed by atoms with Gasteiger partial charge in [0.15, 0.2) is 0 Å². The Labute approximate surface area is 83.2 Å². The van der Waals surface area contributed by atoms with E-state index in [4.69, 9.17) is 10.2 Å². The standard InChI is InChI=1S/C10H16O4/c1-6(8(11)12)7(9(13)14)5-10(2,3)4/h5H2,1-4H3,(H,11,12)(H,13,14)/b7-6-. The van der Waals surface area contributed by atoms with Crippen molar-refractivity contribution >= 4 is 11.9 Å².